The van der Waals surface area contributed by atoms with Gasteiger partial charge in [-0.05, 0) is 49.1 Å². The molecule has 1 aromatic carbocycles. The van der Waals surface area contributed by atoms with Crippen molar-refractivity contribution in [2.75, 3.05) is 6.61 Å². The van der Waals surface area contributed by atoms with Gasteiger partial charge in [0.1, 0.15) is 6.04 Å². The van der Waals surface area contributed by atoms with Crippen molar-refractivity contribution in [3.05, 3.63) is 87.6 Å². The maximum Gasteiger partial charge on any atom is 0.338 e. The van der Waals surface area contributed by atoms with Crippen LogP contribution in [0.25, 0.3) is 17.1 Å². The summed E-state index contributed by atoms with van der Waals surface area (Å²) in [7, 11) is 3.46. The highest BCUT2D eigenvalue weighted by molar-refractivity contribution is 7.10. The van der Waals surface area contributed by atoms with Gasteiger partial charge >= 0.3 is 11.7 Å². The SMILES string of the molecule is CCOC(=O)C1=C(C)N=c2s/c(=C/c3ccc4c(c3)n(C)c(=O)n4C)c(=O)n2[C@@H]1c1cccs1. The number of nitrogens with zero attached hydrogens (tertiary/aromatic N) is 4. The lowest BCUT2D eigenvalue weighted by Crippen LogP contribution is -2.39. The van der Waals surface area contributed by atoms with Crippen molar-refractivity contribution in [3.8, 4) is 0 Å². The molecule has 0 aliphatic carbocycles. The second-order valence-electron chi connectivity index (χ2n) is 7.97. The van der Waals surface area contributed by atoms with Crippen LogP contribution >= 0.6 is 22.7 Å². The average Bonchev–Trinajstić information content (AvgIpc) is 3.50. The Morgan fingerprint density at radius 3 is 2.65 bits per heavy atom. The molecule has 0 saturated carbocycles. The van der Waals surface area contributed by atoms with E-state index in [1.807, 2.05) is 35.7 Å². The van der Waals surface area contributed by atoms with Gasteiger partial charge in [-0.15, -0.1) is 11.3 Å². The van der Waals surface area contributed by atoms with Crippen LogP contribution in [0.4, 0.5) is 0 Å². The number of imidazole rings is 1. The molecule has 1 aliphatic heterocycles. The van der Waals surface area contributed by atoms with Crippen LogP contribution in [-0.2, 0) is 23.6 Å². The molecule has 0 radical (unpaired) electrons. The summed E-state index contributed by atoms with van der Waals surface area (Å²) in [5, 5.41) is 1.92. The zero-order chi connectivity index (χ0) is 24.1. The van der Waals surface area contributed by atoms with Gasteiger partial charge < -0.3 is 4.74 Å². The molecule has 0 saturated heterocycles. The van der Waals surface area contributed by atoms with Gasteiger partial charge in [-0.25, -0.2) is 14.6 Å². The zero-order valence-electron chi connectivity index (χ0n) is 19.1. The fraction of sp³-hybridized carbons (Fsp3) is 0.250. The first-order valence-corrected chi connectivity index (χ1v) is 12.4. The van der Waals surface area contributed by atoms with Gasteiger partial charge in [0.25, 0.3) is 5.56 Å². The van der Waals surface area contributed by atoms with Crippen LogP contribution in [0.1, 0.15) is 30.3 Å². The third kappa shape index (κ3) is 3.41. The molecule has 174 valence electrons. The number of allylic oxidation sites excluding steroid dienone is 1. The summed E-state index contributed by atoms with van der Waals surface area (Å²) in [4.78, 5) is 44.7. The molecule has 0 unspecified atom stereocenters. The van der Waals surface area contributed by atoms with Crippen molar-refractivity contribution >= 4 is 45.8 Å². The van der Waals surface area contributed by atoms with E-state index in [9.17, 15) is 14.4 Å². The number of fused-ring (bicyclic) bond motifs is 2. The average molecular weight is 495 g/mol. The number of carbonyl (C=O) groups excluding carboxylic acids is 1. The molecule has 4 aromatic rings. The molecule has 0 N–H and O–H groups in total. The number of aryl methyl sites for hydroxylation is 2. The summed E-state index contributed by atoms with van der Waals surface area (Å²) in [6.07, 6.45) is 1.80. The molecular formula is C24H22N4O4S2. The zero-order valence-corrected chi connectivity index (χ0v) is 20.7. The molecule has 0 spiro atoms. The van der Waals surface area contributed by atoms with E-state index in [0.29, 0.717) is 20.6 Å². The highest BCUT2D eigenvalue weighted by Crippen LogP contribution is 2.33. The van der Waals surface area contributed by atoms with E-state index in [-0.39, 0.29) is 17.9 Å². The molecule has 0 amide bonds. The lowest BCUT2D eigenvalue weighted by molar-refractivity contribution is -0.139. The van der Waals surface area contributed by atoms with Crippen molar-refractivity contribution < 1.29 is 9.53 Å². The summed E-state index contributed by atoms with van der Waals surface area (Å²) in [6, 6.07) is 8.86. The number of hydrogen-bond acceptors (Lipinski definition) is 7. The molecule has 5 rings (SSSR count). The van der Waals surface area contributed by atoms with Crippen molar-refractivity contribution in [3.63, 3.8) is 0 Å². The molecular weight excluding hydrogens is 472 g/mol. The van der Waals surface area contributed by atoms with Gasteiger partial charge in [0, 0.05) is 19.0 Å². The minimum atomic E-state index is -0.588. The Balaban J connectivity index is 1.71. The highest BCUT2D eigenvalue weighted by atomic mass is 32.1. The number of thiazole rings is 1. The van der Waals surface area contributed by atoms with Gasteiger partial charge in [0.15, 0.2) is 4.80 Å². The summed E-state index contributed by atoms with van der Waals surface area (Å²) in [6.45, 7) is 3.76. The maximum atomic E-state index is 13.6. The monoisotopic (exact) mass is 494 g/mol. The molecule has 1 atom stereocenters. The fourth-order valence-electron chi connectivity index (χ4n) is 4.27. The molecule has 0 bridgehead atoms. The summed E-state index contributed by atoms with van der Waals surface area (Å²) >= 11 is 2.76. The molecule has 10 heteroatoms. The number of aromatic nitrogens is 3. The van der Waals surface area contributed by atoms with Crippen molar-refractivity contribution in [1.29, 1.82) is 0 Å². The smallest absolute Gasteiger partial charge is 0.338 e. The second kappa shape index (κ2) is 8.37. The van der Waals surface area contributed by atoms with Gasteiger partial charge in [-0.3, -0.25) is 18.5 Å². The van der Waals surface area contributed by atoms with E-state index in [4.69, 9.17) is 4.74 Å². The lowest BCUT2D eigenvalue weighted by atomic mass is 10.0. The van der Waals surface area contributed by atoms with Crippen LogP contribution in [0, 0.1) is 0 Å². The minimum absolute atomic E-state index is 0.107. The molecule has 4 heterocycles. The molecule has 34 heavy (non-hydrogen) atoms. The van der Waals surface area contributed by atoms with Crippen LogP contribution in [0.3, 0.4) is 0 Å². The Labute approximate surface area is 202 Å². The summed E-state index contributed by atoms with van der Waals surface area (Å²) in [5.41, 5.74) is 3.00. The third-order valence-electron chi connectivity index (χ3n) is 5.92. The van der Waals surface area contributed by atoms with Crippen LogP contribution in [0.5, 0.6) is 0 Å². The predicted molar refractivity (Wildman–Crippen MR) is 133 cm³/mol. The van der Waals surface area contributed by atoms with Crippen molar-refractivity contribution in [2.24, 2.45) is 19.1 Å². The van der Waals surface area contributed by atoms with Gasteiger partial charge in [0.2, 0.25) is 0 Å². The van der Waals surface area contributed by atoms with Gasteiger partial charge in [0.05, 0.1) is 33.4 Å². The second-order valence-corrected chi connectivity index (χ2v) is 9.95. The van der Waals surface area contributed by atoms with Crippen LogP contribution in [0.15, 0.2) is 61.6 Å². The number of thiophene rings is 1. The Morgan fingerprint density at radius 1 is 1.18 bits per heavy atom. The van der Waals surface area contributed by atoms with Crippen LogP contribution < -0.4 is 20.6 Å². The molecule has 8 nitrogen and oxygen atoms in total. The van der Waals surface area contributed by atoms with Crippen molar-refractivity contribution in [2.45, 2.75) is 19.9 Å². The summed E-state index contributed by atoms with van der Waals surface area (Å²) < 4.78 is 10.6. The molecule has 1 aliphatic rings. The van der Waals surface area contributed by atoms with Crippen LogP contribution in [-0.4, -0.2) is 26.3 Å². The Morgan fingerprint density at radius 2 is 1.94 bits per heavy atom. The third-order valence-corrected chi connectivity index (χ3v) is 7.83. The first-order chi connectivity index (χ1) is 16.3. The van der Waals surface area contributed by atoms with E-state index in [1.165, 1.54) is 22.7 Å². The van der Waals surface area contributed by atoms with E-state index in [1.54, 1.807) is 47.7 Å². The van der Waals surface area contributed by atoms with E-state index >= 15 is 0 Å². The van der Waals surface area contributed by atoms with E-state index in [2.05, 4.69) is 4.99 Å². The number of rotatable bonds is 4. The van der Waals surface area contributed by atoms with Crippen molar-refractivity contribution in [1.82, 2.24) is 13.7 Å². The Hall–Kier alpha value is -3.50. The molecule has 0 fully saturated rings. The van der Waals surface area contributed by atoms with Gasteiger partial charge in [-0.2, -0.15) is 0 Å². The lowest BCUT2D eigenvalue weighted by Gasteiger charge is -2.23. The largest absolute Gasteiger partial charge is 0.463 e. The number of benzene rings is 1. The number of carbonyl (C=O) groups is 1. The number of hydrogen-bond donors (Lipinski definition) is 0. The van der Waals surface area contributed by atoms with Crippen LogP contribution in [0.2, 0.25) is 0 Å². The first-order valence-electron chi connectivity index (χ1n) is 10.7. The number of ether oxygens (including phenoxy) is 1. The fourth-order valence-corrected chi connectivity index (χ4v) is 6.14. The predicted octanol–water partition coefficient (Wildman–Crippen LogP) is 2.05. The minimum Gasteiger partial charge on any atom is -0.463 e. The standard InChI is InChI=1S/C24H22N4O4S2/c1-5-32-22(30)19-13(2)25-23-28(20(19)17-7-6-10-33-17)21(29)18(34-23)12-14-8-9-15-16(11-14)27(4)24(31)26(15)3/h6-12,20H,5H2,1-4H3/b18-12+/t20-/m1/s1. The first kappa shape index (κ1) is 22.3. The molecule has 3 aromatic heterocycles. The van der Waals surface area contributed by atoms with E-state index < -0.39 is 12.0 Å². The van der Waals surface area contributed by atoms with E-state index in [0.717, 1.165) is 21.5 Å². The summed E-state index contributed by atoms with van der Waals surface area (Å²) in [5.74, 6) is -0.466. The quantitative estimate of drug-likeness (QED) is 0.407. The highest BCUT2D eigenvalue weighted by Gasteiger charge is 2.33. The Bertz CT molecular complexity index is 1710. The number of esters is 1. The normalized spacial score (nSPS) is 16.1. The Kier molecular flexibility index (Phi) is 5.49. The van der Waals surface area contributed by atoms with Gasteiger partial charge in [-0.1, -0.05) is 23.5 Å². The topological polar surface area (TPSA) is 87.6 Å². The maximum absolute atomic E-state index is 13.6.